The fourth-order valence-electron chi connectivity index (χ4n) is 2.98. The molecule has 178 valence electrons. The molecule has 10 heteroatoms. The molecule has 2 amide bonds. The van der Waals surface area contributed by atoms with Crippen molar-refractivity contribution in [2.24, 2.45) is 5.10 Å². The number of hydrogen-bond donors (Lipinski definition) is 2. The number of carbonyl (C=O) groups excluding carboxylic acids is 2. The standard InChI is InChI=1S/C23H29N3O7/c1-29-17-7-6-15(10-18(17)30-2)8-9-24-21(27)13-22(28)26-25-14-16-11-19(31-3)23(33-5)20(12-16)32-4/h6-7,10-12,14H,8-9,13H2,1-5H3,(H,24,27)(H,26,28)/b25-14+. The smallest absolute Gasteiger partial charge is 0.249 e. The Morgan fingerprint density at radius 1 is 0.818 bits per heavy atom. The zero-order chi connectivity index (χ0) is 24.2. The third-order valence-corrected chi connectivity index (χ3v) is 4.59. The first-order chi connectivity index (χ1) is 15.9. The lowest BCUT2D eigenvalue weighted by molar-refractivity contribution is -0.129. The maximum atomic E-state index is 12.0. The van der Waals surface area contributed by atoms with Crippen LogP contribution in [-0.2, 0) is 16.0 Å². The molecule has 2 rings (SSSR count). The highest BCUT2D eigenvalue weighted by atomic mass is 16.5. The predicted molar refractivity (Wildman–Crippen MR) is 123 cm³/mol. The van der Waals surface area contributed by atoms with Crippen LogP contribution in [-0.4, -0.2) is 60.1 Å². The van der Waals surface area contributed by atoms with Gasteiger partial charge in [0.25, 0.3) is 0 Å². The van der Waals surface area contributed by atoms with Crippen LogP contribution in [0.15, 0.2) is 35.4 Å². The molecule has 0 aliphatic rings. The van der Waals surface area contributed by atoms with Crippen LogP contribution in [0.25, 0.3) is 0 Å². The molecule has 2 N–H and O–H groups in total. The van der Waals surface area contributed by atoms with Crippen LogP contribution >= 0.6 is 0 Å². The minimum absolute atomic E-state index is 0.349. The van der Waals surface area contributed by atoms with Gasteiger partial charge in [0.1, 0.15) is 6.42 Å². The highest BCUT2D eigenvalue weighted by Crippen LogP contribution is 2.37. The summed E-state index contributed by atoms with van der Waals surface area (Å²) < 4.78 is 26.3. The number of hydrazone groups is 1. The molecule has 0 saturated carbocycles. The second-order valence-electron chi connectivity index (χ2n) is 6.72. The van der Waals surface area contributed by atoms with E-state index in [-0.39, 0.29) is 6.42 Å². The Balaban J connectivity index is 1.82. The quantitative estimate of drug-likeness (QED) is 0.283. The molecule has 0 fully saturated rings. The molecule has 0 aliphatic carbocycles. The first-order valence-corrected chi connectivity index (χ1v) is 10.0. The van der Waals surface area contributed by atoms with Crippen molar-refractivity contribution in [3.63, 3.8) is 0 Å². The molecular weight excluding hydrogens is 430 g/mol. The largest absolute Gasteiger partial charge is 0.493 e. The van der Waals surface area contributed by atoms with Crippen molar-refractivity contribution in [3.8, 4) is 28.7 Å². The molecule has 0 radical (unpaired) electrons. The lowest BCUT2D eigenvalue weighted by atomic mass is 10.1. The average Bonchev–Trinajstić information content (AvgIpc) is 2.82. The van der Waals surface area contributed by atoms with Crippen LogP contribution in [0, 0.1) is 0 Å². The number of rotatable bonds is 12. The summed E-state index contributed by atoms with van der Waals surface area (Å²) in [5.41, 5.74) is 3.91. The molecule has 0 saturated heterocycles. The van der Waals surface area contributed by atoms with E-state index in [0.717, 1.165) is 5.56 Å². The molecule has 33 heavy (non-hydrogen) atoms. The van der Waals surface area contributed by atoms with Crippen molar-refractivity contribution in [1.82, 2.24) is 10.7 Å². The maximum Gasteiger partial charge on any atom is 0.249 e. The van der Waals surface area contributed by atoms with Gasteiger partial charge in [-0.25, -0.2) is 5.43 Å². The number of nitrogens with one attached hydrogen (secondary N) is 2. The van der Waals surface area contributed by atoms with Crippen LogP contribution in [0.5, 0.6) is 28.7 Å². The number of carbonyl (C=O) groups is 2. The van der Waals surface area contributed by atoms with Gasteiger partial charge in [-0.05, 0) is 36.2 Å². The van der Waals surface area contributed by atoms with E-state index in [1.54, 1.807) is 32.4 Å². The van der Waals surface area contributed by atoms with Crippen LogP contribution in [0.3, 0.4) is 0 Å². The number of methoxy groups -OCH3 is 5. The molecule has 2 aromatic rings. The SMILES string of the molecule is COc1ccc(CCNC(=O)CC(=O)N/N=C/c2cc(OC)c(OC)c(OC)c2)cc1OC. The summed E-state index contributed by atoms with van der Waals surface area (Å²) in [7, 11) is 7.64. The summed E-state index contributed by atoms with van der Waals surface area (Å²) >= 11 is 0. The van der Waals surface area contributed by atoms with Gasteiger partial charge < -0.3 is 29.0 Å². The van der Waals surface area contributed by atoms with Crippen molar-refractivity contribution < 1.29 is 33.3 Å². The molecule has 0 atom stereocenters. The van der Waals surface area contributed by atoms with Crippen molar-refractivity contribution >= 4 is 18.0 Å². The van der Waals surface area contributed by atoms with Gasteiger partial charge in [-0.2, -0.15) is 5.10 Å². The number of benzene rings is 2. The fraction of sp³-hybridized carbons (Fsp3) is 0.348. The number of nitrogens with zero attached hydrogens (tertiary/aromatic N) is 1. The van der Waals surface area contributed by atoms with E-state index < -0.39 is 11.8 Å². The molecular formula is C23H29N3O7. The topological polar surface area (TPSA) is 117 Å². The van der Waals surface area contributed by atoms with E-state index >= 15 is 0 Å². The zero-order valence-electron chi connectivity index (χ0n) is 19.4. The molecule has 0 heterocycles. The zero-order valence-corrected chi connectivity index (χ0v) is 19.4. The summed E-state index contributed by atoms with van der Waals surface area (Å²) in [5.74, 6) is 1.67. The maximum absolute atomic E-state index is 12.0. The van der Waals surface area contributed by atoms with Crippen LogP contribution < -0.4 is 34.4 Å². The normalized spacial score (nSPS) is 10.5. The summed E-state index contributed by atoms with van der Waals surface area (Å²) in [4.78, 5) is 24.0. The van der Waals surface area contributed by atoms with Crippen LogP contribution in [0.2, 0.25) is 0 Å². The van der Waals surface area contributed by atoms with Gasteiger partial charge in [0.2, 0.25) is 17.6 Å². The van der Waals surface area contributed by atoms with Crippen molar-refractivity contribution in [2.75, 3.05) is 42.1 Å². The first kappa shape index (κ1) is 25.3. The highest BCUT2D eigenvalue weighted by Gasteiger charge is 2.13. The molecule has 0 aliphatic heterocycles. The Labute approximate surface area is 192 Å². The monoisotopic (exact) mass is 459 g/mol. The van der Waals surface area contributed by atoms with E-state index in [1.807, 2.05) is 12.1 Å². The minimum atomic E-state index is -0.540. The highest BCUT2D eigenvalue weighted by molar-refractivity contribution is 5.97. The van der Waals surface area contributed by atoms with Gasteiger partial charge in [-0.1, -0.05) is 6.07 Å². The molecule has 10 nitrogen and oxygen atoms in total. The van der Waals surface area contributed by atoms with E-state index in [9.17, 15) is 9.59 Å². The van der Waals surface area contributed by atoms with Crippen molar-refractivity contribution in [1.29, 1.82) is 0 Å². The van der Waals surface area contributed by atoms with Gasteiger partial charge in [0, 0.05) is 12.1 Å². The number of amides is 2. The molecule has 2 aromatic carbocycles. The summed E-state index contributed by atoms with van der Waals surface area (Å²) in [5, 5.41) is 6.59. The third-order valence-electron chi connectivity index (χ3n) is 4.59. The lowest BCUT2D eigenvalue weighted by Gasteiger charge is -2.12. The van der Waals surface area contributed by atoms with E-state index in [4.69, 9.17) is 23.7 Å². The third kappa shape index (κ3) is 7.30. The fourth-order valence-corrected chi connectivity index (χ4v) is 2.98. The Morgan fingerprint density at radius 2 is 1.45 bits per heavy atom. The summed E-state index contributed by atoms with van der Waals surface area (Å²) in [6.45, 7) is 0.371. The van der Waals surface area contributed by atoms with E-state index in [1.165, 1.54) is 27.5 Å². The molecule has 0 unspecified atom stereocenters. The number of ether oxygens (including phenoxy) is 5. The predicted octanol–water partition coefficient (Wildman–Crippen LogP) is 1.93. The average molecular weight is 459 g/mol. The summed E-state index contributed by atoms with van der Waals surface area (Å²) in [6, 6.07) is 8.89. The molecule has 0 spiro atoms. The second-order valence-corrected chi connectivity index (χ2v) is 6.72. The Bertz CT molecular complexity index is 967. The van der Waals surface area contributed by atoms with Crippen LogP contribution in [0.4, 0.5) is 0 Å². The van der Waals surface area contributed by atoms with Gasteiger partial charge in [0.15, 0.2) is 23.0 Å². The van der Waals surface area contributed by atoms with Crippen molar-refractivity contribution in [3.05, 3.63) is 41.5 Å². The van der Waals surface area contributed by atoms with Gasteiger partial charge in [-0.3, -0.25) is 9.59 Å². The number of hydrogen-bond acceptors (Lipinski definition) is 8. The van der Waals surface area contributed by atoms with Gasteiger partial charge >= 0.3 is 0 Å². The second kappa shape index (κ2) is 12.8. The Kier molecular flexibility index (Phi) is 9.81. The van der Waals surface area contributed by atoms with Crippen molar-refractivity contribution in [2.45, 2.75) is 12.8 Å². The summed E-state index contributed by atoms with van der Waals surface area (Å²) in [6.07, 6.45) is 1.64. The van der Waals surface area contributed by atoms with Gasteiger partial charge in [0.05, 0.1) is 41.8 Å². The van der Waals surface area contributed by atoms with E-state index in [2.05, 4.69) is 15.8 Å². The molecule has 0 bridgehead atoms. The van der Waals surface area contributed by atoms with Gasteiger partial charge in [-0.15, -0.1) is 0 Å². The molecule has 0 aromatic heterocycles. The Hall–Kier alpha value is -3.95. The van der Waals surface area contributed by atoms with Crippen LogP contribution in [0.1, 0.15) is 17.5 Å². The Morgan fingerprint density at radius 3 is 2.03 bits per heavy atom. The van der Waals surface area contributed by atoms with E-state index in [0.29, 0.717) is 47.3 Å². The first-order valence-electron chi connectivity index (χ1n) is 10.0. The lowest BCUT2D eigenvalue weighted by Crippen LogP contribution is -2.31. The minimum Gasteiger partial charge on any atom is -0.493 e.